The van der Waals surface area contributed by atoms with Gasteiger partial charge in [0.2, 0.25) is 0 Å². The summed E-state index contributed by atoms with van der Waals surface area (Å²) in [6, 6.07) is 16.1. The Hall–Kier alpha value is -3.38. The number of rotatable bonds is 4. The van der Waals surface area contributed by atoms with Crippen LogP contribution in [0, 0.1) is 13.8 Å². The van der Waals surface area contributed by atoms with E-state index < -0.39 is 0 Å². The van der Waals surface area contributed by atoms with Crippen LogP contribution >= 0.6 is 11.8 Å². The molecule has 1 atom stereocenters. The number of aromatic nitrogens is 1. The predicted octanol–water partition coefficient (Wildman–Crippen LogP) is 5.17. The Morgan fingerprint density at radius 1 is 1.10 bits per heavy atom. The highest BCUT2D eigenvalue weighted by molar-refractivity contribution is 8.14. The number of nitrogens with one attached hydrogen (secondary N) is 2. The molecule has 0 saturated heterocycles. The first-order valence-electron chi connectivity index (χ1n) is 10.1. The summed E-state index contributed by atoms with van der Waals surface area (Å²) in [5.74, 6) is 0.701. The Kier molecular flexibility index (Phi) is 4.87. The van der Waals surface area contributed by atoms with Crippen LogP contribution in [0.1, 0.15) is 50.0 Å². The average molecular weight is 428 g/mol. The summed E-state index contributed by atoms with van der Waals surface area (Å²) < 4.78 is 0. The molecule has 2 aliphatic heterocycles. The Bertz CT molecular complexity index is 1270. The number of aromatic amines is 1. The lowest BCUT2D eigenvalue weighted by Crippen LogP contribution is -2.06. The monoisotopic (exact) mass is 427 g/mol. The molecule has 2 N–H and O–H groups in total. The van der Waals surface area contributed by atoms with Gasteiger partial charge in [0.1, 0.15) is 0 Å². The number of aldehydes is 1. The van der Waals surface area contributed by atoms with E-state index in [2.05, 4.69) is 22.4 Å². The highest BCUT2D eigenvalue weighted by atomic mass is 32.2. The molecule has 0 fully saturated rings. The molecule has 3 heterocycles. The van der Waals surface area contributed by atoms with Crippen LogP contribution in [0.15, 0.2) is 53.5 Å². The summed E-state index contributed by atoms with van der Waals surface area (Å²) in [5, 5.41) is 4.08. The first kappa shape index (κ1) is 19.6. The minimum atomic E-state index is -0.139. The molecule has 154 valence electrons. The maximum atomic E-state index is 12.9. The van der Waals surface area contributed by atoms with E-state index in [9.17, 15) is 9.59 Å². The first-order chi connectivity index (χ1) is 15.1. The van der Waals surface area contributed by atoms with Gasteiger partial charge in [-0.2, -0.15) is 0 Å². The molecule has 1 unspecified atom stereocenters. The highest BCUT2D eigenvalue weighted by Crippen LogP contribution is 2.42. The predicted molar refractivity (Wildman–Crippen MR) is 127 cm³/mol. The number of hydrogen-bond acceptors (Lipinski definition) is 4. The normalized spacial score (nSPS) is 18.8. The van der Waals surface area contributed by atoms with Crippen molar-refractivity contribution in [3.05, 3.63) is 87.7 Å². The second kappa shape index (κ2) is 7.71. The summed E-state index contributed by atoms with van der Waals surface area (Å²) >= 11 is 1.74. The number of anilines is 1. The quantitative estimate of drug-likeness (QED) is 0.445. The molecular formula is C25H21N3O2S. The SMILES string of the molecule is Cc1[nH]c(/C=C2\C(=O)Nc3c2cccc3C2CSC(c3ccccc3)=N2)c(C)c1C=O. The molecule has 5 rings (SSSR count). The van der Waals surface area contributed by atoms with Gasteiger partial charge < -0.3 is 10.3 Å². The largest absolute Gasteiger partial charge is 0.358 e. The lowest BCUT2D eigenvalue weighted by Gasteiger charge is -2.11. The lowest BCUT2D eigenvalue weighted by molar-refractivity contribution is -0.110. The second-order valence-electron chi connectivity index (χ2n) is 7.73. The van der Waals surface area contributed by atoms with E-state index in [1.165, 1.54) is 0 Å². The third-order valence-corrected chi connectivity index (χ3v) is 6.94. The van der Waals surface area contributed by atoms with Gasteiger partial charge in [0, 0.05) is 39.4 Å². The van der Waals surface area contributed by atoms with Crippen molar-refractivity contribution in [3.8, 4) is 0 Å². The third kappa shape index (κ3) is 3.33. The third-order valence-electron chi connectivity index (χ3n) is 5.84. The number of hydrogen-bond donors (Lipinski definition) is 2. The fraction of sp³-hybridized carbons (Fsp3) is 0.160. The van der Waals surface area contributed by atoms with Gasteiger partial charge in [-0.05, 0) is 25.5 Å². The lowest BCUT2D eigenvalue weighted by atomic mass is 9.99. The van der Waals surface area contributed by atoms with Gasteiger partial charge in [-0.3, -0.25) is 14.6 Å². The van der Waals surface area contributed by atoms with E-state index in [1.54, 1.807) is 11.8 Å². The van der Waals surface area contributed by atoms with E-state index >= 15 is 0 Å². The number of benzene rings is 2. The van der Waals surface area contributed by atoms with Crippen molar-refractivity contribution in [2.24, 2.45) is 4.99 Å². The van der Waals surface area contributed by atoms with Gasteiger partial charge >= 0.3 is 0 Å². The summed E-state index contributed by atoms with van der Waals surface area (Å²) in [6.45, 7) is 3.75. The summed E-state index contributed by atoms with van der Waals surface area (Å²) in [4.78, 5) is 32.4. The molecule has 0 spiro atoms. The summed E-state index contributed by atoms with van der Waals surface area (Å²) in [6.07, 6.45) is 2.69. The molecule has 0 aliphatic carbocycles. The standard InChI is InChI=1S/C25H21N3O2S/c1-14-20(12-29)15(2)26-21(14)11-19-17-9-6-10-18(23(17)28-24(19)30)22-13-31-25(27-22)16-7-4-3-5-8-16/h3-12,22,26H,13H2,1-2H3,(H,28,30)/b19-11-. The molecule has 2 aromatic carbocycles. The Labute approximate surface area is 184 Å². The van der Waals surface area contributed by atoms with Crippen molar-refractivity contribution in [1.82, 2.24) is 4.98 Å². The molecule has 1 aromatic heterocycles. The van der Waals surface area contributed by atoms with E-state index in [4.69, 9.17) is 4.99 Å². The van der Waals surface area contributed by atoms with Crippen LogP contribution in [-0.2, 0) is 4.79 Å². The molecule has 0 radical (unpaired) electrons. The highest BCUT2D eigenvalue weighted by Gasteiger charge is 2.31. The zero-order chi connectivity index (χ0) is 21.5. The second-order valence-corrected chi connectivity index (χ2v) is 8.74. The summed E-state index contributed by atoms with van der Waals surface area (Å²) in [7, 11) is 0. The fourth-order valence-electron chi connectivity index (χ4n) is 4.19. The molecule has 6 heteroatoms. The Morgan fingerprint density at radius 2 is 1.90 bits per heavy atom. The number of carbonyl (C=O) groups is 2. The smallest absolute Gasteiger partial charge is 0.256 e. The van der Waals surface area contributed by atoms with Gasteiger partial charge in [-0.15, -0.1) is 11.8 Å². The molecule has 0 saturated carbocycles. The van der Waals surface area contributed by atoms with Crippen LogP contribution in [-0.4, -0.2) is 28.0 Å². The van der Waals surface area contributed by atoms with Crippen LogP contribution in [0.2, 0.25) is 0 Å². The van der Waals surface area contributed by atoms with Crippen molar-refractivity contribution >= 4 is 46.3 Å². The van der Waals surface area contributed by atoms with Crippen molar-refractivity contribution < 1.29 is 9.59 Å². The Morgan fingerprint density at radius 3 is 2.65 bits per heavy atom. The van der Waals surface area contributed by atoms with Gasteiger partial charge in [0.15, 0.2) is 6.29 Å². The molecular weight excluding hydrogens is 406 g/mol. The number of nitrogens with zero attached hydrogens (tertiary/aromatic N) is 1. The maximum Gasteiger partial charge on any atom is 0.256 e. The van der Waals surface area contributed by atoms with E-state index in [1.807, 2.05) is 56.3 Å². The zero-order valence-electron chi connectivity index (χ0n) is 17.2. The van der Waals surface area contributed by atoms with E-state index in [0.29, 0.717) is 11.1 Å². The number of para-hydroxylation sites is 1. The number of thioether (sulfide) groups is 1. The Balaban J connectivity index is 1.53. The molecule has 2 aliphatic rings. The molecule has 1 amide bonds. The zero-order valence-corrected chi connectivity index (χ0v) is 18.0. The van der Waals surface area contributed by atoms with Crippen molar-refractivity contribution in [2.75, 3.05) is 11.1 Å². The number of aryl methyl sites for hydroxylation is 1. The van der Waals surface area contributed by atoms with Crippen LogP contribution in [0.25, 0.3) is 11.6 Å². The number of amides is 1. The number of fused-ring (bicyclic) bond motifs is 1. The van der Waals surface area contributed by atoms with Crippen LogP contribution < -0.4 is 5.32 Å². The van der Waals surface area contributed by atoms with Crippen LogP contribution in [0.4, 0.5) is 5.69 Å². The summed E-state index contributed by atoms with van der Waals surface area (Å²) in [5.41, 5.74) is 7.52. The molecule has 3 aromatic rings. The van der Waals surface area contributed by atoms with Crippen molar-refractivity contribution in [3.63, 3.8) is 0 Å². The number of carbonyl (C=O) groups excluding carboxylic acids is 2. The molecule has 0 bridgehead atoms. The minimum Gasteiger partial charge on any atom is -0.358 e. The molecule has 5 nitrogen and oxygen atoms in total. The molecule has 31 heavy (non-hydrogen) atoms. The van der Waals surface area contributed by atoms with Gasteiger partial charge in [0.05, 0.1) is 22.3 Å². The van der Waals surface area contributed by atoms with Crippen LogP contribution in [0.5, 0.6) is 0 Å². The topological polar surface area (TPSA) is 74.3 Å². The van der Waals surface area contributed by atoms with Gasteiger partial charge in [0.25, 0.3) is 5.91 Å². The van der Waals surface area contributed by atoms with Gasteiger partial charge in [-0.25, -0.2) is 0 Å². The number of aliphatic imine (C=N–C) groups is 1. The number of H-pyrrole nitrogens is 1. The minimum absolute atomic E-state index is 0.00839. The van der Waals surface area contributed by atoms with Gasteiger partial charge in [-0.1, -0.05) is 48.5 Å². The maximum absolute atomic E-state index is 12.9. The van der Waals surface area contributed by atoms with E-state index in [0.717, 1.165) is 56.4 Å². The van der Waals surface area contributed by atoms with Crippen molar-refractivity contribution in [2.45, 2.75) is 19.9 Å². The fourth-order valence-corrected chi connectivity index (χ4v) is 5.26. The van der Waals surface area contributed by atoms with Crippen molar-refractivity contribution in [1.29, 1.82) is 0 Å². The first-order valence-corrected chi connectivity index (χ1v) is 11.1. The average Bonchev–Trinajstić information content (AvgIpc) is 3.46. The van der Waals surface area contributed by atoms with E-state index in [-0.39, 0.29) is 11.9 Å². The van der Waals surface area contributed by atoms with Crippen LogP contribution in [0.3, 0.4) is 0 Å².